The van der Waals surface area contributed by atoms with Crippen LogP contribution in [0.4, 0.5) is 5.69 Å². The summed E-state index contributed by atoms with van der Waals surface area (Å²) in [5.74, 6) is -0.125. The maximum absolute atomic E-state index is 12.1. The highest BCUT2D eigenvalue weighted by Gasteiger charge is 2.15. The number of aryl methyl sites for hydroxylation is 1. The Morgan fingerprint density at radius 3 is 2.43 bits per heavy atom. The summed E-state index contributed by atoms with van der Waals surface area (Å²) in [6, 6.07) is 11.3. The largest absolute Gasteiger partial charge is 0.423 e. The summed E-state index contributed by atoms with van der Waals surface area (Å²) in [5, 5.41) is 10.8. The quantitative estimate of drug-likeness (QED) is 0.354. The first-order valence-corrected chi connectivity index (χ1v) is 7.06. The molecule has 6 heteroatoms. The molecule has 6 nitrogen and oxygen atoms in total. The Kier molecular flexibility index (Phi) is 5.43. The Morgan fingerprint density at radius 2 is 1.87 bits per heavy atom. The van der Waals surface area contributed by atoms with Crippen LogP contribution in [0.5, 0.6) is 5.75 Å². The number of methoxy groups -OCH3 is 1. The molecular weight excluding hydrogens is 298 g/mol. The highest BCUT2D eigenvalue weighted by molar-refractivity contribution is 5.91. The van der Waals surface area contributed by atoms with Gasteiger partial charge in [-0.15, -0.1) is 0 Å². The van der Waals surface area contributed by atoms with Gasteiger partial charge in [-0.2, -0.15) is 0 Å². The van der Waals surface area contributed by atoms with Gasteiger partial charge in [0.25, 0.3) is 5.69 Å². The molecule has 0 aromatic heterocycles. The molecule has 0 heterocycles. The zero-order valence-electron chi connectivity index (χ0n) is 12.9. The monoisotopic (exact) mass is 315 g/mol. The molecule has 120 valence electrons. The Bertz CT molecular complexity index is 709. The van der Waals surface area contributed by atoms with Crippen molar-refractivity contribution in [2.45, 2.75) is 13.3 Å². The van der Waals surface area contributed by atoms with Gasteiger partial charge in [-0.05, 0) is 43.2 Å². The van der Waals surface area contributed by atoms with E-state index in [9.17, 15) is 14.9 Å². The van der Waals surface area contributed by atoms with Gasteiger partial charge in [-0.3, -0.25) is 10.1 Å². The average Bonchev–Trinajstić information content (AvgIpc) is 2.53. The van der Waals surface area contributed by atoms with Gasteiger partial charge in [0.05, 0.1) is 17.1 Å². The summed E-state index contributed by atoms with van der Waals surface area (Å²) < 4.78 is 10.3. The van der Waals surface area contributed by atoms with E-state index in [0.717, 1.165) is 12.0 Å². The van der Waals surface area contributed by atoms with Crippen molar-refractivity contribution in [1.29, 1.82) is 0 Å². The fourth-order valence-corrected chi connectivity index (χ4v) is 2.10. The van der Waals surface area contributed by atoms with Crippen LogP contribution in [0.25, 0.3) is 0 Å². The fraction of sp³-hybridized carbons (Fsp3) is 0.235. The van der Waals surface area contributed by atoms with E-state index in [1.807, 2.05) is 12.1 Å². The molecule has 0 aliphatic rings. The molecule has 0 aliphatic heterocycles. The second-order valence-corrected chi connectivity index (χ2v) is 5.03. The van der Waals surface area contributed by atoms with Gasteiger partial charge < -0.3 is 9.47 Å². The third-order valence-corrected chi connectivity index (χ3v) is 3.36. The predicted molar refractivity (Wildman–Crippen MR) is 84.8 cm³/mol. The molecule has 0 bridgehead atoms. The van der Waals surface area contributed by atoms with Crippen LogP contribution in [-0.4, -0.2) is 24.6 Å². The van der Waals surface area contributed by atoms with Crippen molar-refractivity contribution in [2.75, 3.05) is 13.7 Å². The topological polar surface area (TPSA) is 78.7 Å². The molecule has 2 aromatic rings. The Hall–Kier alpha value is -2.73. The van der Waals surface area contributed by atoms with E-state index in [1.165, 1.54) is 18.2 Å². The molecule has 2 aromatic carbocycles. The van der Waals surface area contributed by atoms with Gasteiger partial charge in [0.1, 0.15) is 5.75 Å². The first-order valence-electron chi connectivity index (χ1n) is 7.06. The lowest BCUT2D eigenvalue weighted by Gasteiger charge is -2.06. The summed E-state index contributed by atoms with van der Waals surface area (Å²) in [6.45, 7) is 2.21. The third kappa shape index (κ3) is 4.37. The molecule has 2 rings (SSSR count). The minimum Gasteiger partial charge on any atom is -0.423 e. The highest BCUT2D eigenvalue weighted by Crippen LogP contribution is 2.20. The second-order valence-electron chi connectivity index (χ2n) is 5.03. The Morgan fingerprint density at radius 1 is 1.17 bits per heavy atom. The number of carbonyl (C=O) groups excluding carboxylic acids is 1. The fourth-order valence-electron chi connectivity index (χ4n) is 2.10. The normalized spacial score (nSPS) is 10.3. The van der Waals surface area contributed by atoms with Crippen molar-refractivity contribution in [3.8, 4) is 5.75 Å². The third-order valence-electron chi connectivity index (χ3n) is 3.36. The van der Waals surface area contributed by atoms with Gasteiger partial charge in [0.15, 0.2) is 0 Å². The number of nitrogens with zero attached hydrogens (tertiary/aromatic N) is 1. The standard InChI is InChI=1S/C17H17NO5/c1-12-11-14(5-8-16(12)18(20)21)17(19)23-15-6-3-13(4-7-15)9-10-22-2/h3-8,11H,9-10H2,1-2H3. The number of hydrogen-bond donors (Lipinski definition) is 0. The summed E-state index contributed by atoms with van der Waals surface area (Å²) in [7, 11) is 1.64. The van der Waals surface area contributed by atoms with Crippen LogP contribution in [-0.2, 0) is 11.2 Å². The molecule has 0 radical (unpaired) electrons. The smallest absolute Gasteiger partial charge is 0.343 e. The van der Waals surface area contributed by atoms with E-state index >= 15 is 0 Å². The zero-order chi connectivity index (χ0) is 16.8. The van der Waals surface area contributed by atoms with E-state index in [-0.39, 0.29) is 11.3 Å². The van der Waals surface area contributed by atoms with Crippen LogP contribution in [0.15, 0.2) is 42.5 Å². The summed E-state index contributed by atoms with van der Waals surface area (Å²) in [6.07, 6.45) is 0.784. The van der Waals surface area contributed by atoms with Gasteiger partial charge in [-0.1, -0.05) is 12.1 Å². The van der Waals surface area contributed by atoms with E-state index in [4.69, 9.17) is 9.47 Å². The van der Waals surface area contributed by atoms with Crippen LogP contribution in [0.1, 0.15) is 21.5 Å². The number of nitro benzene ring substituents is 1. The van der Waals surface area contributed by atoms with Gasteiger partial charge >= 0.3 is 5.97 Å². The van der Waals surface area contributed by atoms with Crippen LogP contribution in [0.3, 0.4) is 0 Å². The maximum atomic E-state index is 12.1. The zero-order valence-corrected chi connectivity index (χ0v) is 12.9. The number of esters is 1. The number of carbonyl (C=O) groups is 1. The number of hydrogen-bond acceptors (Lipinski definition) is 5. The van der Waals surface area contributed by atoms with Crippen LogP contribution < -0.4 is 4.74 Å². The molecule has 0 N–H and O–H groups in total. The SMILES string of the molecule is COCCc1ccc(OC(=O)c2ccc([N+](=O)[O-])c(C)c2)cc1. The molecular formula is C17H17NO5. The molecule has 23 heavy (non-hydrogen) atoms. The van der Waals surface area contributed by atoms with E-state index in [1.54, 1.807) is 26.2 Å². The first kappa shape index (κ1) is 16.6. The average molecular weight is 315 g/mol. The minimum atomic E-state index is -0.548. The van der Waals surface area contributed by atoms with Crippen molar-refractivity contribution in [2.24, 2.45) is 0 Å². The summed E-state index contributed by atoms with van der Waals surface area (Å²) >= 11 is 0. The van der Waals surface area contributed by atoms with Gasteiger partial charge in [0.2, 0.25) is 0 Å². The Balaban J connectivity index is 2.07. The number of nitro groups is 1. The summed E-state index contributed by atoms with van der Waals surface area (Å²) in [5.41, 5.74) is 1.75. The van der Waals surface area contributed by atoms with Crippen molar-refractivity contribution < 1.29 is 19.2 Å². The van der Waals surface area contributed by atoms with Crippen molar-refractivity contribution >= 4 is 11.7 Å². The Labute approximate surface area is 133 Å². The lowest BCUT2D eigenvalue weighted by molar-refractivity contribution is -0.385. The van der Waals surface area contributed by atoms with E-state index in [0.29, 0.717) is 17.9 Å². The molecule has 0 saturated heterocycles. The van der Waals surface area contributed by atoms with Crippen LogP contribution in [0.2, 0.25) is 0 Å². The minimum absolute atomic E-state index is 0.0240. The highest BCUT2D eigenvalue weighted by atomic mass is 16.6. The first-order chi connectivity index (χ1) is 11.0. The molecule has 0 aliphatic carbocycles. The van der Waals surface area contributed by atoms with Crippen LogP contribution in [0, 0.1) is 17.0 Å². The van der Waals surface area contributed by atoms with Crippen LogP contribution >= 0.6 is 0 Å². The molecule has 0 unspecified atom stereocenters. The predicted octanol–water partition coefficient (Wildman–Crippen LogP) is 3.31. The number of ether oxygens (including phenoxy) is 2. The lowest BCUT2D eigenvalue weighted by atomic mass is 10.1. The maximum Gasteiger partial charge on any atom is 0.343 e. The molecule has 0 saturated carbocycles. The van der Waals surface area contributed by atoms with Gasteiger partial charge in [0, 0.05) is 18.7 Å². The number of rotatable bonds is 6. The molecule has 0 atom stereocenters. The molecule has 0 fully saturated rings. The van der Waals surface area contributed by atoms with E-state index < -0.39 is 10.9 Å². The second kappa shape index (κ2) is 7.51. The number of benzene rings is 2. The van der Waals surface area contributed by atoms with E-state index in [2.05, 4.69) is 0 Å². The van der Waals surface area contributed by atoms with Crippen molar-refractivity contribution in [3.05, 3.63) is 69.3 Å². The van der Waals surface area contributed by atoms with Crippen molar-refractivity contribution in [1.82, 2.24) is 0 Å². The van der Waals surface area contributed by atoms with Gasteiger partial charge in [-0.25, -0.2) is 4.79 Å². The lowest BCUT2D eigenvalue weighted by Crippen LogP contribution is -2.09. The molecule has 0 spiro atoms. The molecule has 0 amide bonds. The summed E-state index contributed by atoms with van der Waals surface area (Å²) in [4.78, 5) is 22.4. The van der Waals surface area contributed by atoms with Crippen molar-refractivity contribution in [3.63, 3.8) is 0 Å².